The van der Waals surface area contributed by atoms with Crippen LogP contribution in [-0.2, 0) is 0 Å². The van der Waals surface area contributed by atoms with Crippen molar-refractivity contribution in [2.75, 3.05) is 0 Å². The second-order valence-electron chi connectivity index (χ2n) is 4.16. The standard InChI is InChI=1S/C14H24.H2/c1-6-8-9-13(4)14(5)11-10-12(3)7-2;/h6,8-9,12,14H,1,4,7,10-11H2,2-3,5H3;1H/b9-8-;. The van der Waals surface area contributed by atoms with Crippen molar-refractivity contribution in [2.45, 2.75) is 40.0 Å². The maximum Gasteiger partial charge on any atom is 0 e. The predicted molar refractivity (Wildman–Crippen MR) is 68.4 cm³/mol. The molecule has 0 amide bonds. The first kappa shape index (κ1) is 13.2. The van der Waals surface area contributed by atoms with Gasteiger partial charge < -0.3 is 0 Å². The van der Waals surface area contributed by atoms with E-state index in [1.807, 2.05) is 6.08 Å². The van der Waals surface area contributed by atoms with Gasteiger partial charge in [0.1, 0.15) is 0 Å². The van der Waals surface area contributed by atoms with Gasteiger partial charge in [-0.25, -0.2) is 0 Å². The van der Waals surface area contributed by atoms with E-state index in [-0.39, 0.29) is 1.43 Å². The zero-order valence-corrected chi connectivity index (χ0v) is 9.92. The van der Waals surface area contributed by atoms with Gasteiger partial charge in [0.15, 0.2) is 0 Å². The third kappa shape index (κ3) is 5.80. The fraction of sp³-hybridized carbons (Fsp3) is 0.571. The van der Waals surface area contributed by atoms with E-state index >= 15 is 0 Å². The molecule has 0 N–H and O–H groups in total. The van der Waals surface area contributed by atoms with Crippen LogP contribution in [0, 0.1) is 11.8 Å². The third-order valence-electron chi connectivity index (χ3n) is 2.87. The van der Waals surface area contributed by atoms with Crippen LogP contribution in [-0.4, -0.2) is 0 Å². The topological polar surface area (TPSA) is 0 Å². The molecule has 0 saturated carbocycles. The second-order valence-corrected chi connectivity index (χ2v) is 4.16. The molecule has 0 rings (SSSR count). The summed E-state index contributed by atoms with van der Waals surface area (Å²) in [7, 11) is 0. The molecule has 0 fully saturated rings. The summed E-state index contributed by atoms with van der Waals surface area (Å²) in [6, 6.07) is 0. The van der Waals surface area contributed by atoms with Gasteiger partial charge >= 0.3 is 0 Å². The molecule has 0 nitrogen and oxygen atoms in total. The summed E-state index contributed by atoms with van der Waals surface area (Å²) in [6.45, 7) is 14.5. The molecular formula is C14H26. The van der Waals surface area contributed by atoms with E-state index in [0.717, 1.165) is 5.92 Å². The second kappa shape index (κ2) is 7.61. The zero-order valence-electron chi connectivity index (χ0n) is 9.92. The quantitative estimate of drug-likeness (QED) is 0.501. The largest absolute Gasteiger partial charge is 0.0991 e. The Kier molecular flexibility index (Phi) is 7.18. The first-order valence-electron chi connectivity index (χ1n) is 5.59. The van der Waals surface area contributed by atoms with Gasteiger partial charge in [-0.1, -0.05) is 70.6 Å². The molecule has 0 aromatic heterocycles. The van der Waals surface area contributed by atoms with E-state index in [0.29, 0.717) is 5.92 Å². The Morgan fingerprint density at radius 2 is 2.00 bits per heavy atom. The molecular weight excluding hydrogens is 168 g/mol. The van der Waals surface area contributed by atoms with Crippen molar-refractivity contribution in [3.05, 3.63) is 37.0 Å². The van der Waals surface area contributed by atoms with Crippen LogP contribution >= 0.6 is 0 Å². The van der Waals surface area contributed by atoms with E-state index in [1.165, 1.54) is 24.8 Å². The summed E-state index contributed by atoms with van der Waals surface area (Å²) in [6.07, 6.45) is 9.65. The van der Waals surface area contributed by atoms with E-state index in [9.17, 15) is 0 Å². The minimum Gasteiger partial charge on any atom is -0.0991 e. The Morgan fingerprint density at radius 3 is 2.50 bits per heavy atom. The highest BCUT2D eigenvalue weighted by atomic mass is 14.1. The molecule has 0 heteroatoms. The Morgan fingerprint density at radius 1 is 1.36 bits per heavy atom. The van der Waals surface area contributed by atoms with Gasteiger partial charge in [-0.05, 0) is 18.3 Å². The first-order chi connectivity index (χ1) is 6.61. The van der Waals surface area contributed by atoms with Crippen molar-refractivity contribution in [1.82, 2.24) is 0 Å². The van der Waals surface area contributed by atoms with Crippen LogP contribution in [0.4, 0.5) is 0 Å². The number of hydrogen-bond donors (Lipinski definition) is 0. The van der Waals surface area contributed by atoms with E-state index in [2.05, 4.69) is 40.0 Å². The average molecular weight is 194 g/mol. The molecule has 0 saturated heterocycles. The lowest BCUT2D eigenvalue weighted by molar-refractivity contribution is 0.454. The third-order valence-corrected chi connectivity index (χ3v) is 2.87. The van der Waals surface area contributed by atoms with Crippen molar-refractivity contribution in [3.63, 3.8) is 0 Å². The zero-order chi connectivity index (χ0) is 11.0. The molecule has 0 aliphatic heterocycles. The molecule has 0 spiro atoms. The van der Waals surface area contributed by atoms with Crippen molar-refractivity contribution in [3.8, 4) is 0 Å². The molecule has 0 heterocycles. The fourth-order valence-corrected chi connectivity index (χ4v) is 1.28. The van der Waals surface area contributed by atoms with Crippen molar-refractivity contribution < 1.29 is 1.43 Å². The molecule has 0 aliphatic rings. The lowest BCUT2D eigenvalue weighted by Gasteiger charge is -2.14. The van der Waals surface area contributed by atoms with Crippen LogP contribution in [0.15, 0.2) is 37.0 Å². The Hall–Kier alpha value is -0.780. The smallest absolute Gasteiger partial charge is 0 e. The molecule has 0 radical (unpaired) electrons. The highest BCUT2D eigenvalue weighted by Gasteiger charge is 2.06. The molecule has 0 bridgehead atoms. The molecule has 82 valence electrons. The molecule has 0 aromatic carbocycles. The monoisotopic (exact) mass is 194 g/mol. The van der Waals surface area contributed by atoms with Crippen LogP contribution in [0.25, 0.3) is 0 Å². The predicted octanol–water partition coefficient (Wildman–Crippen LogP) is 4.99. The first-order valence-corrected chi connectivity index (χ1v) is 5.59. The Labute approximate surface area is 90.9 Å². The fourth-order valence-electron chi connectivity index (χ4n) is 1.28. The molecule has 2 atom stereocenters. The number of allylic oxidation sites excluding steroid dienone is 4. The maximum atomic E-state index is 4.06. The summed E-state index contributed by atoms with van der Waals surface area (Å²) < 4.78 is 0. The summed E-state index contributed by atoms with van der Waals surface area (Å²) in [4.78, 5) is 0. The summed E-state index contributed by atoms with van der Waals surface area (Å²) >= 11 is 0. The Balaban J connectivity index is 0. The van der Waals surface area contributed by atoms with Crippen LogP contribution in [0.1, 0.15) is 41.5 Å². The minimum absolute atomic E-state index is 0. The van der Waals surface area contributed by atoms with Gasteiger partial charge in [-0.2, -0.15) is 0 Å². The van der Waals surface area contributed by atoms with Gasteiger partial charge in [-0.15, -0.1) is 0 Å². The van der Waals surface area contributed by atoms with Crippen molar-refractivity contribution in [2.24, 2.45) is 11.8 Å². The summed E-state index contributed by atoms with van der Waals surface area (Å²) in [5, 5.41) is 0. The number of hydrogen-bond acceptors (Lipinski definition) is 0. The SMILES string of the molecule is C=C/C=C\C(=C)C(C)CCC(C)CC.[HH]. The van der Waals surface area contributed by atoms with Gasteiger partial charge in [0, 0.05) is 1.43 Å². The van der Waals surface area contributed by atoms with Crippen LogP contribution in [0.3, 0.4) is 0 Å². The molecule has 0 aromatic rings. The molecule has 14 heavy (non-hydrogen) atoms. The normalized spacial score (nSPS) is 15.4. The number of rotatable bonds is 7. The van der Waals surface area contributed by atoms with Crippen LogP contribution in [0.5, 0.6) is 0 Å². The van der Waals surface area contributed by atoms with E-state index in [1.54, 1.807) is 6.08 Å². The summed E-state index contributed by atoms with van der Waals surface area (Å²) in [5.74, 6) is 1.44. The van der Waals surface area contributed by atoms with Crippen LogP contribution < -0.4 is 0 Å². The van der Waals surface area contributed by atoms with Gasteiger partial charge in [0.05, 0.1) is 0 Å². The van der Waals surface area contributed by atoms with E-state index < -0.39 is 0 Å². The van der Waals surface area contributed by atoms with Gasteiger partial charge in [0.25, 0.3) is 0 Å². The highest BCUT2D eigenvalue weighted by molar-refractivity contribution is 5.20. The van der Waals surface area contributed by atoms with E-state index in [4.69, 9.17) is 0 Å². The lowest BCUT2D eigenvalue weighted by atomic mass is 9.92. The highest BCUT2D eigenvalue weighted by Crippen LogP contribution is 2.20. The van der Waals surface area contributed by atoms with Crippen molar-refractivity contribution >= 4 is 0 Å². The lowest BCUT2D eigenvalue weighted by Crippen LogP contribution is -2.00. The Bertz CT molecular complexity index is 203. The molecule has 0 aliphatic carbocycles. The van der Waals surface area contributed by atoms with Gasteiger partial charge in [0.2, 0.25) is 0 Å². The van der Waals surface area contributed by atoms with Crippen molar-refractivity contribution in [1.29, 1.82) is 0 Å². The summed E-state index contributed by atoms with van der Waals surface area (Å²) in [5.41, 5.74) is 1.22. The van der Waals surface area contributed by atoms with Crippen LogP contribution in [0.2, 0.25) is 0 Å². The minimum atomic E-state index is 0. The average Bonchev–Trinajstić information content (AvgIpc) is 2.21. The van der Waals surface area contributed by atoms with Gasteiger partial charge in [-0.3, -0.25) is 0 Å². The maximum absolute atomic E-state index is 4.06. The molecule has 2 unspecified atom stereocenters.